The van der Waals surface area contributed by atoms with Gasteiger partial charge in [0.2, 0.25) is 0 Å². The molecule has 1 aliphatic heterocycles. The van der Waals surface area contributed by atoms with Crippen molar-refractivity contribution in [2.45, 2.75) is 59.5 Å². The van der Waals surface area contributed by atoms with Gasteiger partial charge in [-0.25, -0.2) is 4.98 Å². The summed E-state index contributed by atoms with van der Waals surface area (Å²) >= 11 is 0. The number of carbonyl (C=O) groups is 2. The number of benzene rings is 1. The molecule has 4 rings (SSSR count). The first-order valence-corrected chi connectivity index (χ1v) is 13.2. The topological polar surface area (TPSA) is 134 Å². The van der Waals surface area contributed by atoms with E-state index in [1.807, 2.05) is 13.0 Å². The fourth-order valence-electron chi connectivity index (χ4n) is 4.63. The van der Waals surface area contributed by atoms with Gasteiger partial charge in [-0.15, -0.1) is 9.24 Å². The van der Waals surface area contributed by atoms with Crippen molar-refractivity contribution in [2.75, 3.05) is 19.8 Å². The first kappa shape index (κ1) is 29.6. The molecule has 10 heteroatoms. The summed E-state index contributed by atoms with van der Waals surface area (Å²) in [5.74, 6) is -0.385. The van der Waals surface area contributed by atoms with E-state index in [0.29, 0.717) is 29.2 Å². The minimum atomic E-state index is -0.942. The molecule has 0 bridgehead atoms. The highest BCUT2D eigenvalue weighted by molar-refractivity contribution is 7.27. The quantitative estimate of drug-likeness (QED) is 0.351. The molecule has 0 aliphatic carbocycles. The van der Waals surface area contributed by atoms with Crippen LogP contribution in [-0.4, -0.2) is 62.1 Å². The van der Waals surface area contributed by atoms with Crippen molar-refractivity contribution in [2.24, 2.45) is 7.05 Å². The molecular weight excluding hydrogens is 505 g/mol. The van der Waals surface area contributed by atoms with E-state index in [1.54, 1.807) is 45.4 Å². The molecular formula is C28H38N3O6P. The van der Waals surface area contributed by atoms with Gasteiger partial charge in [0.05, 0.1) is 25.2 Å². The highest BCUT2D eigenvalue weighted by Gasteiger charge is 2.26. The fraction of sp³-hybridized carbons (Fsp3) is 0.464. The van der Waals surface area contributed by atoms with E-state index in [9.17, 15) is 14.7 Å². The van der Waals surface area contributed by atoms with E-state index in [1.165, 1.54) is 0 Å². The highest BCUT2D eigenvalue weighted by Crippen LogP contribution is 2.40. The Labute approximate surface area is 225 Å². The Hall–Kier alpha value is -3.00. The standard InChI is InChI=1S/C24H28N3O5P.C4H10O/c1-12-14-5-4-8-32-22(14)19(33)10-15(12)21-16(11-20(29)30)13(2)26-23-17(21)9-18(27(23)3)24(31)25-6-7-28;1-4(2,3)5/h9-10,28H,4-8,11,33H2,1-3H3,(H,25,31)(H,29,30);5H,1-3H3. The molecule has 206 valence electrons. The molecule has 1 unspecified atom stereocenters. The van der Waals surface area contributed by atoms with Gasteiger partial charge in [-0.1, -0.05) is 0 Å². The number of aliphatic hydroxyl groups excluding tert-OH is 1. The van der Waals surface area contributed by atoms with Crippen LogP contribution < -0.4 is 15.4 Å². The van der Waals surface area contributed by atoms with E-state index in [-0.39, 0.29) is 25.5 Å². The molecule has 0 saturated heterocycles. The third-order valence-electron chi connectivity index (χ3n) is 6.22. The minimum Gasteiger partial charge on any atom is -0.493 e. The molecule has 0 radical (unpaired) electrons. The molecule has 38 heavy (non-hydrogen) atoms. The zero-order valence-electron chi connectivity index (χ0n) is 22.9. The molecule has 1 aliphatic rings. The number of aliphatic carboxylic acids is 1. The smallest absolute Gasteiger partial charge is 0.307 e. The lowest BCUT2D eigenvalue weighted by Gasteiger charge is -2.24. The zero-order valence-corrected chi connectivity index (χ0v) is 24.1. The molecule has 1 atom stereocenters. The molecule has 0 saturated carbocycles. The Morgan fingerprint density at radius 1 is 1.24 bits per heavy atom. The van der Waals surface area contributed by atoms with Gasteiger partial charge in [0, 0.05) is 30.0 Å². The molecule has 9 nitrogen and oxygen atoms in total. The van der Waals surface area contributed by atoms with Gasteiger partial charge >= 0.3 is 5.97 Å². The predicted octanol–water partition coefficient (Wildman–Crippen LogP) is 2.81. The lowest BCUT2D eigenvalue weighted by Crippen LogP contribution is -2.27. The van der Waals surface area contributed by atoms with E-state index in [2.05, 4.69) is 19.5 Å². The SMILES string of the molecule is CC(C)(C)O.Cc1nc2c(cc(C(=O)NCCO)n2C)c(-c2cc(P)c3c(c2C)CCCO3)c1CC(=O)O. The van der Waals surface area contributed by atoms with Crippen LogP contribution in [0.3, 0.4) is 0 Å². The van der Waals surface area contributed by atoms with Crippen molar-refractivity contribution in [1.29, 1.82) is 0 Å². The largest absolute Gasteiger partial charge is 0.493 e. The van der Waals surface area contributed by atoms with E-state index < -0.39 is 11.6 Å². The summed E-state index contributed by atoms with van der Waals surface area (Å²) in [6.07, 6.45) is 1.64. The third kappa shape index (κ3) is 6.52. The summed E-state index contributed by atoms with van der Waals surface area (Å²) in [6, 6.07) is 3.77. The lowest BCUT2D eigenvalue weighted by molar-refractivity contribution is -0.136. The van der Waals surface area contributed by atoms with Crippen molar-refractivity contribution >= 4 is 37.5 Å². The Morgan fingerprint density at radius 2 is 1.89 bits per heavy atom. The minimum absolute atomic E-state index is 0.143. The molecule has 2 aromatic heterocycles. The molecule has 3 heterocycles. The number of rotatable bonds is 6. The van der Waals surface area contributed by atoms with Crippen LogP contribution in [0.4, 0.5) is 0 Å². The van der Waals surface area contributed by atoms with Crippen LogP contribution in [0.1, 0.15) is 60.1 Å². The first-order valence-electron chi connectivity index (χ1n) is 12.6. The van der Waals surface area contributed by atoms with Crippen molar-refractivity contribution in [1.82, 2.24) is 14.9 Å². The summed E-state index contributed by atoms with van der Waals surface area (Å²) in [4.78, 5) is 29.2. The van der Waals surface area contributed by atoms with Gasteiger partial charge in [-0.2, -0.15) is 0 Å². The van der Waals surface area contributed by atoms with Crippen LogP contribution in [0.2, 0.25) is 0 Å². The molecule has 4 N–H and O–H groups in total. The Morgan fingerprint density at radius 3 is 2.50 bits per heavy atom. The first-order chi connectivity index (χ1) is 17.7. The summed E-state index contributed by atoms with van der Waals surface area (Å²) in [5.41, 5.74) is 5.62. The van der Waals surface area contributed by atoms with Gasteiger partial charge < -0.3 is 29.9 Å². The van der Waals surface area contributed by atoms with Crippen molar-refractivity contribution in [3.63, 3.8) is 0 Å². The number of nitrogens with zero attached hydrogens (tertiary/aromatic N) is 2. The molecule has 1 aromatic carbocycles. The fourth-order valence-corrected chi connectivity index (χ4v) is 5.05. The number of amides is 1. The van der Waals surface area contributed by atoms with Gasteiger partial charge in [-0.3, -0.25) is 9.59 Å². The van der Waals surface area contributed by atoms with Crippen LogP contribution in [0.5, 0.6) is 5.75 Å². The normalized spacial score (nSPS) is 12.9. The second kappa shape index (κ2) is 11.8. The average Bonchev–Trinajstić information content (AvgIpc) is 3.15. The van der Waals surface area contributed by atoms with E-state index in [0.717, 1.165) is 51.5 Å². The summed E-state index contributed by atoms with van der Waals surface area (Å²) in [6.45, 7) is 9.74. The number of aromatic nitrogens is 2. The van der Waals surface area contributed by atoms with Crippen molar-refractivity contribution in [3.05, 3.63) is 40.2 Å². The molecule has 0 fully saturated rings. The molecule has 3 aromatic rings. The monoisotopic (exact) mass is 543 g/mol. The van der Waals surface area contributed by atoms with E-state index >= 15 is 0 Å². The van der Waals surface area contributed by atoms with Gasteiger partial charge in [0.1, 0.15) is 17.1 Å². The maximum Gasteiger partial charge on any atom is 0.307 e. The highest BCUT2D eigenvalue weighted by atomic mass is 31.0. The third-order valence-corrected chi connectivity index (χ3v) is 6.65. The number of nitrogens with one attached hydrogen (secondary N) is 1. The number of hydrogen-bond acceptors (Lipinski definition) is 6. The van der Waals surface area contributed by atoms with Crippen LogP contribution >= 0.6 is 9.24 Å². The zero-order chi connectivity index (χ0) is 28.4. The summed E-state index contributed by atoms with van der Waals surface area (Å²) < 4.78 is 7.63. The maximum atomic E-state index is 12.7. The number of pyridine rings is 1. The number of carboxylic acid groups (broad SMARTS) is 1. The second-order valence-electron chi connectivity index (χ2n) is 10.5. The van der Waals surface area contributed by atoms with E-state index in [4.69, 9.17) is 14.9 Å². The van der Waals surface area contributed by atoms with Gasteiger partial charge in [0.15, 0.2) is 0 Å². The van der Waals surface area contributed by atoms with Crippen LogP contribution in [-0.2, 0) is 24.7 Å². The Bertz CT molecular complexity index is 1370. The number of carbonyl (C=O) groups excluding carboxylic acids is 1. The summed E-state index contributed by atoms with van der Waals surface area (Å²) in [5, 5.41) is 31.6. The van der Waals surface area contributed by atoms with Crippen LogP contribution in [0.25, 0.3) is 22.2 Å². The van der Waals surface area contributed by atoms with Gasteiger partial charge in [-0.05, 0) is 87.4 Å². The van der Waals surface area contributed by atoms with Gasteiger partial charge in [0.25, 0.3) is 5.91 Å². The number of aliphatic hydroxyl groups is 2. The number of fused-ring (bicyclic) bond motifs is 2. The number of carboxylic acids is 1. The number of aryl methyl sites for hydroxylation is 2. The van der Waals surface area contributed by atoms with Crippen LogP contribution in [0.15, 0.2) is 12.1 Å². The maximum absolute atomic E-state index is 12.7. The van der Waals surface area contributed by atoms with Crippen LogP contribution in [0, 0.1) is 13.8 Å². The lowest BCUT2D eigenvalue weighted by atomic mass is 9.87. The summed E-state index contributed by atoms with van der Waals surface area (Å²) in [7, 11) is 4.50. The average molecular weight is 544 g/mol. The molecule has 1 amide bonds. The van der Waals surface area contributed by atoms with Crippen molar-refractivity contribution < 1.29 is 29.6 Å². The number of ether oxygens (including phenoxy) is 1. The molecule has 0 spiro atoms. The Balaban J connectivity index is 0.000000732. The Kier molecular flexibility index (Phi) is 9.18. The predicted molar refractivity (Wildman–Crippen MR) is 152 cm³/mol. The van der Waals surface area contributed by atoms with Crippen molar-refractivity contribution in [3.8, 4) is 16.9 Å². The number of hydrogen-bond donors (Lipinski definition) is 4. The second-order valence-corrected chi connectivity index (χ2v) is 11.1.